The Kier molecular flexibility index (Phi) is 5.59. The zero-order chi connectivity index (χ0) is 22.2. The minimum atomic E-state index is -0.285. The van der Waals surface area contributed by atoms with Gasteiger partial charge in [0.1, 0.15) is 12.4 Å². The number of aliphatic hydroxyl groups excluding tert-OH is 1. The van der Waals surface area contributed by atoms with Crippen LogP contribution in [0.1, 0.15) is 37.2 Å². The zero-order valence-electron chi connectivity index (χ0n) is 17.9. The van der Waals surface area contributed by atoms with E-state index >= 15 is 0 Å². The Hall–Kier alpha value is -2.93. The van der Waals surface area contributed by atoms with E-state index in [-0.39, 0.29) is 55.0 Å². The molecule has 3 aliphatic rings. The number of halogens is 1. The Bertz CT molecular complexity index is 1010. The molecule has 168 valence electrons. The molecule has 0 spiro atoms. The van der Waals surface area contributed by atoms with Crippen molar-refractivity contribution in [2.24, 2.45) is 0 Å². The van der Waals surface area contributed by atoms with Gasteiger partial charge in [0.2, 0.25) is 5.91 Å². The lowest BCUT2D eigenvalue weighted by Crippen LogP contribution is -2.74. The van der Waals surface area contributed by atoms with E-state index in [1.165, 1.54) is 12.1 Å². The molecule has 1 aliphatic carbocycles. The quantitative estimate of drug-likeness (QED) is 0.772. The monoisotopic (exact) mass is 437 g/mol. The molecule has 0 radical (unpaired) electrons. The SMILES string of the molecule is O=C(NC1CCCC1)N1CC(=O)N2[C@H](CO)[C@@H](c3ccc(-c4cccc(F)c4)cc3)[C@H]2C1. The fraction of sp³-hybridized carbons (Fsp3) is 0.440. The van der Waals surface area contributed by atoms with Crippen LogP contribution in [0.25, 0.3) is 11.1 Å². The summed E-state index contributed by atoms with van der Waals surface area (Å²) in [5, 5.41) is 13.0. The Morgan fingerprint density at radius 3 is 2.53 bits per heavy atom. The molecular formula is C25H28FN3O3. The van der Waals surface area contributed by atoms with Gasteiger partial charge in [0.05, 0.1) is 18.7 Å². The van der Waals surface area contributed by atoms with E-state index in [1.807, 2.05) is 30.3 Å². The van der Waals surface area contributed by atoms with Crippen molar-refractivity contribution in [1.82, 2.24) is 15.1 Å². The first-order valence-corrected chi connectivity index (χ1v) is 11.4. The number of carbonyl (C=O) groups is 2. The highest BCUT2D eigenvalue weighted by Gasteiger charge is 2.54. The number of nitrogens with zero attached hydrogens (tertiary/aromatic N) is 2. The first-order chi connectivity index (χ1) is 15.5. The van der Waals surface area contributed by atoms with Crippen LogP contribution in [0.3, 0.4) is 0 Å². The highest BCUT2D eigenvalue weighted by Crippen LogP contribution is 2.43. The number of hydrogen-bond acceptors (Lipinski definition) is 3. The summed E-state index contributed by atoms with van der Waals surface area (Å²) < 4.78 is 13.6. The summed E-state index contributed by atoms with van der Waals surface area (Å²) in [7, 11) is 0. The number of nitrogens with one attached hydrogen (secondary N) is 1. The summed E-state index contributed by atoms with van der Waals surface area (Å²) in [4.78, 5) is 28.9. The van der Waals surface area contributed by atoms with Crippen LogP contribution in [0, 0.1) is 5.82 Å². The topological polar surface area (TPSA) is 72.9 Å². The molecule has 2 aromatic rings. The molecule has 2 aromatic carbocycles. The second kappa shape index (κ2) is 8.54. The summed E-state index contributed by atoms with van der Waals surface area (Å²) in [5.74, 6) is -0.444. The number of rotatable bonds is 4. The van der Waals surface area contributed by atoms with Crippen LogP contribution in [0.5, 0.6) is 0 Å². The molecule has 0 unspecified atom stereocenters. The van der Waals surface area contributed by atoms with Gasteiger partial charge in [-0.2, -0.15) is 0 Å². The Labute approximate surface area is 187 Å². The van der Waals surface area contributed by atoms with Crippen LogP contribution in [0.2, 0.25) is 0 Å². The van der Waals surface area contributed by atoms with Gasteiger partial charge in [-0.25, -0.2) is 9.18 Å². The molecule has 6 nitrogen and oxygen atoms in total. The molecule has 3 fully saturated rings. The molecule has 5 rings (SSSR count). The third-order valence-electron chi connectivity index (χ3n) is 7.18. The lowest BCUT2D eigenvalue weighted by Gasteiger charge is -2.58. The number of aliphatic hydroxyl groups is 1. The van der Waals surface area contributed by atoms with Crippen LogP contribution < -0.4 is 5.32 Å². The van der Waals surface area contributed by atoms with Crippen molar-refractivity contribution in [3.63, 3.8) is 0 Å². The molecule has 0 aromatic heterocycles. The molecule has 2 aliphatic heterocycles. The second-order valence-corrected chi connectivity index (χ2v) is 9.09. The number of amides is 3. The van der Waals surface area contributed by atoms with Crippen LogP contribution in [-0.2, 0) is 4.79 Å². The lowest BCUT2D eigenvalue weighted by molar-refractivity contribution is -0.159. The maximum Gasteiger partial charge on any atom is 0.318 e. The van der Waals surface area contributed by atoms with Crippen molar-refractivity contribution in [3.05, 3.63) is 59.9 Å². The smallest absolute Gasteiger partial charge is 0.318 e. The standard InChI is InChI=1S/C25H28FN3O3/c26-19-5-3-4-18(12-19)16-8-10-17(11-9-16)24-21-13-28(14-23(31)29(21)22(24)15-30)25(32)27-20-6-1-2-7-20/h3-5,8-12,20-22,24,30H,1-2,6-7,13-15H2,(H,27,32)/t21-,22-,24+/m1/s1. The lowest BCUT2D eigenvalue weighted by atomic mass is 9.73. The number of carbonyl (C=O) groups excluding carboxylic acids is 2. The van der Waals surface area contributed by atoms with Gasteiger partial charge in [0.15, 0.2) is 0 Å². The molecule has 2 N–H and O–H groups in total. The molecular weight excluding hydrogens is 409 g/mol. The zero-order valence-corrected chi connectivity index (χ0v) is 17.9. The summed E-state index contributed by atoms with van der Waals surface area (Å²) in [6.07, 6.45) is 4.25. The van der Waals surface area contributed by atoms with Gasteiger partial charge >= 0.3 is 6.03 Å². The summed E-state index contributed by atoms with van der Waals surface area (Å²) in [5.41, 5.74) is 2.71. The predicted molar refractivity (Wildman–Crippen MR) is 118 cm³/mol. The highest BCUT2D eigenvalue weighted by molar-refractivity contribution is 5.87. The van der Waals surface area contributed by atoms with E-state index in [0.717, 1.165) is 42.4 Å². The van der Waals surface area contributed by atoms with Gasteiger partial charge < -0.3 is 20.2 Å². The van der Waals surface area contributed by atoms with Gasteiger partial charge in [-0.05, 0) is 41.7 Å². The molecule has 2 heterocycles. The minimum Gasteiger partial charge on any atom is -0.394 e. The second-order valence-electron chi connectivity index (χ2n) is 9.09. The number of benzene rings is 2. The van der Waals surface area contributed by atoms with Crippen molar-refractivity contribution < 1.29 is 19.1 Å². The molecule has 3 amide bonds. The van der Waals surface area contributed by atoms with Gasteiger partial charge in [-0.3, -0.25) is 4.79 Å². The van der Waals surface area contributed by atoms with E-state index in [1.54, 1.807) is 15.9 Å². The van der Waals surface area contributed by atoms with E-state index in [9.17, 15) is 19.1 Å². The van der Waals surface area contributed by atoms with Crippen molar-refractivity contribution in [2.45, 2.75) is 49.7 Å². The third kappa shape index (κ3) is 3.75. The molecule has 2 saturated heterocycles. The number of fused-ring (bicyclic) bond motifs is 1. The maximum atomic E-state index is 13.6. The average molecular weight is 438 g/mol. The van der Waals surface area contributed by atoms with Crippen molar-refractivity contribution in [2.75, 3.05) is 19.7 Å². The maximum absolute atomic E-state index is 13.6. The first kappa shape index (κ1) is 20.9. The number of piperazine rings is 1. The van der Waals surface area contributed by atoms with Gasteiger partial charge in [-0.1, -0.05) is 49.2 Å². The van der Waals surface area contributed by atoms with E-state index in [2.05, 4.69) is 5.32 Å². The normalized spacial score (nSPS) is 25.4. The van der Waals surface area contributed by atoms with Crippen molar-refractivity contribution in [3.8, 4) is 11.1 Å². The summed E-state index contributed by atoms with van der Waals surface area (Å²) >= 11 is 0. The highest BCUT2D eigenvalue weighted by atomic mass is 19.1. The predicted octanol–water partition coefficient (Wildman–Crippen LogP) is 3.12. The Morgan fingerprint density at radius 2 is 1.84 bits per heavy atom. The minimum absolute atomic E-state index is 0.0485. The number of urea groups is 1. The van der Waals surface area contributed by atoms with Crippen LogP contribution in [0.4, 0.5) is 9.18 Å². The summed E-state index contributed by atoms with van der Waals surface area (Å²) in [6, 6.07) is 13.9. The fourth-order valence-corrected chi connectivity index (χ4v) is 5.56. The Balaban J connectivity index is 1.33. The van der Waals surface area contributed by atoms with Crippen LogP contribution in [0.15, 0.2) is 48.5 Å². The molecule has 32 heavy (non-hydrogen) atoms. The van der Waals surface area contributed by atoms with Gasteiger partial charge in [0.25, 0.3) is 0 Å². The van der Waals surface area contributed by atoms with Crippen molar-refractivity contribution in [1.29, 1.82) is 0 Å². The average Bonchev–Trinajstić information content (AvgIpc) is 3.28. The van der Waals surface area contributed by atoms with Gasteiger partial charge in [-0.15, -0.1) is 0 Å². The summed E-state index contributed by atoms with van der Waals surface area (Å²) in [6.45, 7) is 0.390. The van der Waals surface area contributed by atoms with Gasteiger partial charge in [0, 0.05) is 18.5 Å². The number of hydrogen-bond donors (Lipinski definition) is 2. The third-order valence-corrected chi connectivity index (χ3v) is 7.18. The van der Waals surface area contributed by atoms with Crippen LogP contribution in [-0.4, -0.2) is 64.7 Å². The molecule has 3 atom stereocenters. The van der Waals surface area contributed by atoms with E-state index in [0.29, 0.717) is 6.54 Å². The van der Waals surface area contributed by atoms with Crippen LogP contribution >= 0.6 is 0 Å². The van der Waals surface area contributed by atoms with Crippen molar-refractivity contribution >= 4 is 11.9 Å². The Morgan fingerprint density at radius 1 is 1.09 bits per heavy atom. The molecule has 1 saturated carbocycles. The van der Waals surface area contributed by atoms with E-state index in [4.69, 9.17) is 0 Å². The largest absolute Gasteiger partial charge is 0.394 e. The fourth-order valence-electron chi connectivity index (χ4n) is 5.56. The molecule has 0 bridgehead atoms. The molecule has 7 heteroatoms. The van der Waals surface area contributed by atoms with E-state index < -0.39 is 0 Å². The first-order valence-electron chi connectivity index (χ1n) is 11.4.